The van der Waals surface area contributed by atoms with Crippen LogP contribution in [0.15, 0.2) is 95.9 Å². The van der Waals surface area contributed by atoms with Crippen LogP contribution in [0.5, 0.6) is 11.5 Å². The average Bonchev–Trinajstić information content (AvgIpc) is 3.17. The van der Waals surface area contributed by atoms with Gasteiger partial charge in [-0.25, -0.2) is 4.79 Å². The van der Waals surface area contributed by atoms with Crippen molar-refractivity contribution in [2.24, 2.45) is 0 Å². The first kappa shape index (κ1) is 24.6. The predicted molar refractivity (Wildman–Crippen MR) is 145 cm³/mol. The molecule has 0 N–H and O–H groups in total. The van der Waals surface area contributed by atoms with Crippen molar-refractivity contribution in [2.75, 3.05) is 13.2 Å². The van der Waals surface area contributed by atoms with Crippen LogP contribution in [0.1, 0.15) is 15.9 Å². The average molecular weight is 530 g/mol. The van der Waals surface area contributed by atoms with Gasteiger partial charge in [0.2, 0.25) is 0 Å². The third-order valence-corrected chi connectivity index (χ3v) is 6.84. The standard InChI is InChI=1S/C29H20ClNO5S/c30-22-14-12-20(13-15-22)28(33)36-24-10-4-2-7-21(24)18-26-27(32)31(29(34)37-26)16-17-35-25-11-5-8-19-6-1-3-9-23(19)25/h1-15,18H,16-17H2/b26-18-. The van der Waals surface area contributed by atoms with Crippen molar-refractivity contribution in [2.45, 2.75) is 0 Å². The lowest BCUT2D eigenvalue weighted by molar-refractivity contribution is -0.123. The highest BCUT2D eigenvalue weighted by Gasteiger charge is 2.35. The molecule has 1 aliphatic heterocycles. The fourth-order valence-electron chi connectivity index (χ4n) is 3.84. The van der Waals surface area contributed by atoms with Crippen LogP contribution in [0.4, 0.5) is 4.79 Å². The largest absolute Gasteiger partial charge is 0.491 e. The van der Waals surface area contributed by atoms with Crippen molar-refractivity contribution >= 4 is 57.3 Å². The Hall–Kier alpha value is -4.07. The van der Waals surface area contributed by atoms with Gasteiger partial charge in [0.05, 0.1) is 17.0 Å². The first-order valence-electron chi connectivity index (χ1n) is 11.4. The van der Waals surface area contributed by atoms with Crippen molar-refractivity contribution < 1.29 is 23.9 Å². The molecule has 0 bridgehead atoms. The van der Waals surface area contributed by atoms with Crippen molar-refractivity contribution in [3.63, 3.8) is 0 Å². The molecule has 6 nitrogen and oxygen atoms in total. The third kappa shape index (κ3) is 5.53. The molecular weight excluding hydrogens is 510 g/mol. The van der Waals surface area contributed by atoms with Crippen LogP contribution < -0.4 is 9.47 Å². The van der Waals surface area contributed by atoms with Gasteiger partial charge < -0.3 is 9.47 Å². The number of carbonyl (C=O) groups excluding carboxylic acids is 3. The smallest absolute Gasteiger partial charge is 0.343 e. The Balaban J connectivity index is 1.27. The number of para-hydroxylation sites is 1. The van der Waals surface area contributed by atoms with Gasteiger partial charge in [-0.1, -0.05) is 66.2 Å². The van der Waals surface area contributed by atoms with E-state index in [1.54, 1.807) is 54.6 Å². The van der Waals surface area contributed by atoms with Gasteiger partial charge in [0.25, 0.3) is 11.1 Å². The summed E-state index contributed by atoms with van der Waals surface area (Å²) in [6, 6.07) is 26.8. The molecule has 5 rings (SSSR count). The van der Waals surface area contributed by atoms with Crippen molar-refractivity contribution in [1.29, 1.82) is 0 Å². The minimum absolute atomic E-state index is 0.110. The number of fused-ring (bicyclic) bond motifs is 1. The Kier molecular flexibility index (Phi) is 7.25. The fraction of sp³-hybridized carbons (Fsp3) is 0.0690. The van der Waals surface area contributed by atoms with Crippen molar-refractivity contribution in [1.82, 2.24) is 4.90 Å². The monoisotopic (exact) mass is 529 g/mol. The molecule has 0 atom stereocenters. The predicted octanol–water partition coefficient (Wildman–Crippen LogP) is 6.83. The van der Waals surface area contributed by atoms with E-state index in [4.69, 9.17) is 21.1 Å². The number of amides is 2. The zero-order chi connectivity index (χ0) is 25.8. The highest BCUT2D eigenvalue weighted by molar-refractivity contribution is 8.18. The van der Waals surface area contributed by atoms with Crippen molar-refractivity contribution in [3.05, 3.63) is 112 Å². The molecule has 4 aromatic carbocycles. The second-order valence-corrected chi connectivity index (χ2v) is 9.52. The molecule has 0 radical (unpaired) electrons. The molecule has 37 heavy (non-hydrogen) atoms. The molecule has 1 heterocycles. The minimum atomic E-state index is -0.559. The van der Waals surface area contributed by atoms with E-state index in [0.717, 1.165) is 27.4 Å². The molecule has 0 aliphatic carbocycles. The number of esters is 1. The topological polar surface area (TPSA) is 72.9 Å². The first-order chi connectivity index (χ1) is 18.0. The first-order valence-corrected chi connectivity index (χ1v) is 12.6. The second-order valence-electron chi connectivity index (χ2n) is 8.09. The molecule has 0 aromatic heterocycles. The zero-order valence-electron chi connectivity index (χ0n) is 19.4. The summed E-state index contributed by atoms with van der Waals surface area (Å²) in [5.41, 5.74) is 0.841. The number of hydrogen-bond acceptors (Lipinski definition) is 6. The van der Waals surface area contributed by atoms with E-state index >= 15 is 0 Å². The summed E-state index contributed by atoms with van der Waals surface area (Å²) in [5.74, 6) is -0.0165. The molecular formula is C29H20ClNO5S. The number of thioether (sulfide) groups is 1. The summed E-state index contributed by atoms with van der Waals surface area (Å²) in [5, 5.41) is 2.14. The summed E-state index contributed by atoms with van der Waals surface area (Å²) in [6.07, 6.45) is 1.56. The summed E-state index contributed by atoms with van der Waals surface area (Å²) in [7, 11) is 0. The Bertz CT molecular complexity index is 1530. The second kappa shape index (κ2) is 10.9. The maximum Gasteiger partial charge on any atom is 0.343 e. The van der Waals surface area contributed by atoms with E-state index < -0.39 is 11.9 Å². The number of rotatable bonds is 7. The van der Waals surface area contributed by atoms with Crippen LogP contribution in [0.25, 0.3) is 16.8 Å². The van der Waals surface area contributed by atoms with E-state index in [1.165, 1.54) is 0 Å². The molecule has 0 spiro atoms. The van der Waals surface area contributed by atoms with Crippen LogP contribution in [0, 0.1) is 0 Å². The molecule has 0 saturated carbocycles. The molecule has 184 valence electrons. The van der Waals surface area contributed by atoms with Gasteiger partial charge in [-0.3, -0.25) is 14.5 Å². The molecule has 1 saturated heterocycles. The summed E-state index contributed by atoms with van der Waals surface area (Å²) in [6.45, 7) is 0.271. The summed E-state index contributed by atoms with van der Waals surface area (Å²) >= 11 is 6.73. The van der Waals surface area contributed by atoms with Crippen molar-refractivity contribution in [3.8, 4) is 11.5 Å². The molecule has 4 aromatic rings. The maximum atomic E-state index is 13.0. The Labute approximate surface area is 222 Å². The number of nitrogens with zero attached hydrogens (tertiary/aromatic N) is 1. The Morgan fingerprint density at radius 1 is 0.865 bits per heavy atom. The number of benzene rings is 4. The van der Waals surface area contributed by atoms with E-state index in [9.17, 15) is 14.4 Å². The van der Waals surface area contributed by atoms with E-state index in [2.05, 4.69) is 0 Å². The van der Waals surface area contributed by atoms with Gasteiger partial charge in [-0.05, 0) is 59.6 Å². The van der Waals surface area contributed by atoms with E-state index in [-0.39, 0.29) is 29.0 Å². The quantitative estimate of drug-likeness (QED) is 0.148. The molecule has 2 amide bonds. The highest BCUT2D eigenvalue weighted by atomic mass is 35.5. The van der Waals surface area contributed by atoms with E-state index in [0.29, 0.717) is 21.9 Å². The summed E-state index contributed by atoms with van der Waals surface area (Å²) < 4.78 is 11.5. The van der Waals surface area contributed by atoms with Gasteiger partial charge in [0, 0.05) is 16.0 Å². The fourth-order valence-corrected chi connectivity index (χ4v) is 4.82. The van der Waals surface area contributed by atoms with Crippen LogP contribution in [-0.2, 0) is 4.79 Å². The normalized spacial score (nSPS) is 14.4. The lowest BCUT2D eigenvalue weighted by atomic mass is 10.1. The van der Waals surface area contributed by atoms with Gasteiger partial charge >= 0.3 is 5.97 Å². The van der Waals surface area contributed by atoms with E-state index in [1.807, 2.05) is 42.5 Å². The van der Waals surface area contributed by atoms with Gasteiger partial charge in [-0.2, -0.15) is 0 Å². The maximum absolute atomic E-state index is 13.0. The van der Waals surface area contributed by atoms with Gasteiger partial charge in [0.15, 0.2) is 0 Å². The number of imide groups is 1. The van der Waals surface area contributed by atoms with Gasteiger partial charge in [-0.15, -0.1) is 0 Å². The Morgan fingerprint density at radius 2 is 1.57 bits per heavy atom. The van der Waals surface area contributed by atoms with Crippen LogP contribution in [0.2, 0.25) is 5.02 Å². The number of carbonyl (C=O) groups is 3. The zero-order valence-corrected chi connectivity index (χ0v) is 21.0. The lowest BCUT2D eigenvalue weighted by Crippen LogP contribution is -2.32. The summed E-state index contributed by atoms with van der Waals surface area (Å²) in [4.78, 5) is 39.6. The Morgan fingerprint density at radius 3 is 2.41 bits per heavy atom. The molecule has 8 heteroatoms. The molecule has 1 fully saturated rings. The third-order valence-electron chi connectivity index (χ3n) is 5.68. The number of hydrogen-bond donors (Lipinski definition) is 0. The highest BCUT2D eigenvalue weighted by Crippen LogP contribution is 2.34. The van der Waals surface area contributed by atoms with Crippen LogP contribution in [0.3, 0.4) is 0 Å². The number of halogens is 1. The minimum Gasteiger partial charge on any atom is -0.491 e. The SMILES string of the molecule is O=C(Oc1ccccc1/C=C1\SC(=O)N(CCOc2cccc3ccccc23)C1=O)c1ccc(Cl)cc1. The molecule has 0 unspecified atom stereocenters. The number of ether oxygens (including phenoxy) is 2. The molecule has 1 aliphatic rings. The van der Waals surface area contributed by atoms with Crippen LogP contribution >= 0.6 is 23.4 Å². The van der Waals surface area contributed by atoms with Gasteiger partial charge in [0.1, 0.15) is 18.1 Å². The lowest BCUT2D eigenvalue weighted by Gasteiger charge is -2.14. The van der Waals surface area contributed by atoms with Crippen LogP contribution in [-0.4, -0.2) is 35.2 Å².